The Morgan fingerprint density at radius 2 is 1.88 bits per heavy atom. The first-order valence-electron chi connectivity index (χ1n) is 10.4. The molecule has 2 aliphatic heterocycles. The van der Waals surface area contributed by atoms with Gasteiger partial charge in [-0.15, -0.1) is 0 Å². The lowest BCUT2D eigenvalue weighted by Crippen LogP contribution is -2.35. The van der Waals surface area contributed by atoms with Gasteiger partial charge in [0.15, 0.2) is 5.82 Å². The summed E-state index contributed by atoms with van der Waals surface area (Å²) in [5, 5.41) is 9.08. The SMILES string of the molecule is O=C(NC1CCOC1)c1ccc(F)c(Nc2ncnc3cnc(NC4CCOC4)nc23)c1. The zero-order valence-corrected chi connectivity index (χ0v) is 17.2. The van der Waals surface area contributed by atoms with Crippen molar-refractivity contribution in [3.8, 4) is 0 Å². The molecular formula is C21H22FN7O3. The summed E-state index contributed by atoms with van der Waals surface area (Å²) in [4.78, 5) is 29.8. The van der Waals surface area contributed by atoms with Crippen molar-refractivity contribution in [1.82, 2.24) is 25.3 Å². The molecule has 3 N–H and O–H groups in total. The number of anilines is 3. The molecule has 3 aromatic rings. The van der Waals surface area contributed by atoms with Crippen molar-refractivity contribution in [2.24, 2.45) is 0 Å². The van der Waals surface area contributed by atoms with Gasteiger partial charge in [-0.1, -0.05) is 0 Å². The highest BCUT2D eigenvalue weighted by Gasteiger charge is 2.20. The molecule has 2 fully saturated rings. The lowest BCUT2D eigenvalue weighted by molar-refractivity contribution is 0.0930. The Balaban J connectivity index is 1.40. The molecule has 0 saturated carbocycles. The molecule has 2 unspecified atom stereocenters. The molecule has 2 aromatic heterocycles. The minimum absolute atomic E-state index is 0.0392. The Hall–Kier alpha value is -3.44. The summed E-state index contributed by atoms with van der Waals surface area (Å²) in [6.07, 6.45) is 4.55. The number of nitrogens with zero attached hydrogens (tertiary/aromatic N) is 4. The average molecular weight is 439 g/mol. The van der Waals surface area contributed by atoms with Crippen molar-refractivity contribution in [1.29, 1.82) is 0 Å². The summed E-state index contributed by atoms with van der Waals surface area (Å²) in [5.74, 6) is -0.0845. The fourth-order valence-electron chi connectivity index (χ4n) is 3.65. The number of nitrogens with one attached hydrogen (secondary N) is 3. The molecule has 0 aliphatic carbocycles. The second-order valence-electron chi connectivity index (χ2n) is 7.71. The molecular weight excluding hydrogens is 417 g/mol. The molecule has 2 saturated heterocycles. The molecule has 32 heavy (non-hydrogen) atoms. The molecule has 10 nitrogen and oxygen atoms in total. The van der Waals surface area contributed by atoms with Gasteiger partial charge >= 0.3 is 0 Å². The maximum Gasteiger partial charge on any atom is 0.251 e. The molecule has 0 spiro atoms. The van der Waals surface area contributed by atoms with Crippen LogP contribution >= 0.6 is 0 Å². The summed E-state index contributed by atoms with van der Waals surface area (Å²) < 4.78 is 25.2. The van der Waals surface area contributed by atoms with Crippen LogP contribution in [0.4, 0.5) is 21.8 Å². The Bertz CT molecular complexity index is 1130. The van der Waals surface area contributed by atoms with Crippen molar-refractivity contribution < 1.29 is 18.7 Å². The molecule has 5 rings (SSSR count). The van der Waals surface area contributed by atoms with Gasteiger partial charge in [0.2, 0.25) is 5.95 Å². The third-order valence-corrected chi connectivity index (χ3v) is 5.39. The summed E-state index contributed by atoms with van der Waals surface area (Å²) in [6, 6.07) is 4.23. The number of hydrogen-bond acceptors (Lipinski definition) is 9. The zero-order chi connectivity index (χ0) is 21.9. The Kier molecular flexibility index (Phi) is 5.73. The molecule has 2 atom stereocenters. The first-order chi connectivity index (χ1) is 15.7. The van der Waals surface area contributed by atoms with E-state index in [9.17, 15) is 9.18 Å². The van der Waals surface area contributed by atoms with E-state index >= 15 is 0 Å². The van der Waals surface area contributed by atoms with E-state index in [1.165, 1.54) is 24.5 Å². The van der Waals surface area contributed by atoms with E-state index in [0.717, 1.165) is 12.8 Å². The van der Waals surface area contributed by atoms with Gasteiger partial charge in [-0.2, -0.15) is 0 Å². The largest absolute Gasteiger partial charge is 0.379 e. The number of hydrogen-bond donors (Lipinski definition) is 3. The van der Waals surface area contributed by atoms with Gasteiger partial charge in [0.25, 0.3) is 5.91 Å². The van der Waals surface area contributed by atoms with Crippen LogP contribution in [0, 0.1) is 5.82 Å². The minimum atomic E-state index is -0.520. The minimum Gasteiger partial charge on any atom is -0.379 e. The van der Waals surface area contributed by atoms with E-state index in [0.29, 0.717) is 54.8 Å². The van der Waals surface area contributed by atoms with Crippen LogP contribution in [0.15, 0.2) is 30.7 Å². The lowest BCUT2D eigenvalue weighted by atomic mass is 10.1. The number of rotatable bonds is 6. The summed E-state index contributed by atoms with van der Waals surface area (Å²) in [5.41, 5.74) is 1.38. The van der Waals surface area contributed by atoms with Gasteiger partial charge in [0, 0.05) is 18.8 Å². The van der Waals surface area contributed by atoms with Crippen LogP contribution in [0.25, 0.3) is 11.0 Å². The standard InChI is InChI=1S/C21H22FN7O3/c22-15-2-1-12(20(30)26-13-3-5-31-9-13)7-16(15)28-19-18-17(24-11-25-19)8-23-21(29-18)27-14-4-6-32-10-14/h1-2,7-8,11,13-14H,3-6,9-10H2,(H,26,30)(H,23,27,29)(H,24,25,28). The smallest absolute Gasteiger partial charge is 0.251 e. The van der Waals surface area contributed by atoms with Crippen molar-refractivity contribution in [3.63, 3.8) is 0 Å². The van der Waals surface area contributed by atoms with Crippen LogP contribution in [0.2, 0.25) is 0 Å². The number of aromatic nitrogens is 4. The third-order valence-electron chi connectivity index (χ3n) is 5.39. The Morgan fingerprint density at radius 1 is 1.06 bits per heavy atom. The maximum atomic E-state index is 14.6. The summed E-state index contributed by atoms with van der Waals surface area (Å²) in [6.45, 7) is 2.38. The molecule has 166 valence electrons. The second kappa shape index (κ2) is 8.97. The first kappa shape index (κ1) is 20.5. The predicted molar refractivity (Wildman–Crippen MR) is 114 cm³/mol. The van der Waals surface area contributed by atoms with Gasteiger partial charge < -0.3 is 25.4 Å². The van der Waals surface area contributed by atoms with Gasteiger partial charge in [0.1, 0.15) is 23.2 Å². The third kappa shape index (κ3) is 4.43. The van der Waals surface area contributed by atoms with Crippen LogP contribution in [0.5, 0.6) is 0 Å². The van der Waals surface area contributed by atoms with Crippen LogP contribution in [0.3, 0.4) is 0 Å². The number of fused-ring (bicyclic) bond motifs is 1. The number of benzene rings is 1. The van der Waals surface area contributed by atoms with Gasteiger partial charge in [0.05, 0.1) is 37.2 Å². The normalized spacial score (nSPS) is 20.4. The van der Waals surface area contributed by atoms with Gasteiger partial charge in [-0.3, -0.25) is 4.79 Å². The van der Waals surface area contributed by atoms with Gasteiger partial charge in [-0.25, -0.2) is 24.3 Å². The molecule has 0 bridgehead atoms. The quantitative estimate of drug-likeness (QED) is 0.529. The Labute approximate surface area is 183 Å². The molecule has 1 aromatic carbocycles. The van der Waals surface area contributed by atoms with E-state index in [1.807, 2.05) is 0 Å². The van der Waals surface area contributed by atoms with Crippen LogP contribution in [-0.4, -0.2) is 64.4 Å². The first-order valence-corrected chi connectivity index (χ1v) is 10.4. The van der Waals surface area contributed by atoms with E-state index < -0.39 is 5.82 Å². The average Bonchev–Trinajstić information content (AvgIpc) is 3.50. The van der Waals surface area contributed by atoms with Crippen molar-refractivity contribution in [2.75, 3.05) is 37.1 Å². The molecule has 4 heterocycles. The maximum absolute atomic E-state index is 14.6. The highest BCUT2D eigenvalue weighted by molar-refractivity contribution is 5.96. The summed E-state index contributed by atoms with van der Waals surface area (Å²) >= 11 is 0. The van der Waals surface area contributed by atoms with Crippen LogP contribution in [-0.2, 0) is 9.47 Å². The molecule has 0 radical (unpaired) electrons. The van der Waals surface area contributed by atoms with Crippen molar-refractivity contribution in [3.05, 3.63) is 42.1 Å². The highest BCUT2D eigenvalue weighted by Crippen LogP contribution is 2.25. The van der Waals surface area contributed by atoms with Crippen molar-refractivity contribution in [2.45, 2.75) is 24.9 Å². The fourth-order valence-corrected chi connectivity index (χ4v) is 3.65. The number of ether oxygens (including phenoxy) is 2. The predicted octanol–water partition coefficient (Wildman–Crippen LogP) is 2.02. The number of carbonyl (C=O) groups excluding carboxylic acids is 1. The number of halogens is 1. The van der Waals surface area contributed by atoms with Gasteiger partial charge in [-0.05, 0) is 31.0 Å². The van der Waals surface area contributed by atoms with E-state index in [1.54, 1.807) is 6.20 Å². The topological polar surface area (TPSA) is 123 Å². The van der Waals surface area contributed by atoms with Crippen LogP contribution < -0.4 is 16.0 Å². The monoisotopic (exact) mass is 439 g/mol. The van der Waals surface area contributed by atoms with Crippen LogP contribution in [0.1, 0.15) is 23.2 Å². The van der Waals surface area contributed by atoms with Crippen molar-refractivity contribution >= 4 is 34.4 Å². The highest BCUT2D eigenvalue weighted by atomic mass is 19.1. The molecule has 2 aliphatic rings. The van der Waals surface area contributed by atoms with E-state index in [2.05, 4.69) is 35.9 Å². The van der Waals surface area contributed by atoms with E-state index in [4.69, 9.17) is 9.47 Å². The Morgan fingerprint density at radius 3 is 2.66 bits per heavy atom. The van der Waals surface area contributed by atoms with E-state index in [-0.39, 0.29) is 23.7 Å². The molecule has 1 amide bonds. The second-order valence-corrected chi connectivity index (χ2v) is 7.71. The lowest BCUT2D eigenvalue weighted by Gasteiger charge is -2.14. The number of amides is 1. The number of carbonyl (C=O) groups is 1. The summed E-state index contributed by atoms with van der Waals surface area (Å²) in [7, 11) is 0. The fraction of sp³-hybridized carbons (Fsp3) is 0.381. The molecule has 11 heteroatoms. The zero-order valence-electron chi connectivity index (χ0n) is 17.2.